The molecule has 7 nitrogen and oxygen atoms in total. The Bertz CT molecular complexity index is 212. The standard InChI is InChI=1S/C5H12.C2H3F3.C2H3N.C2H6O.C2H6.CH3NO2.CH5N.CH4O/c1-5(2,3)4;1-2(3,4)5;1-2-3;1-3-2;1-2;1-2(3)4;2*1-2/h1-4H3;1H3;1H3;1-2H3;1-2H3;1H3;2H2,1H3;2H,1H3. The number of nitrogens with zero attached hydrogens (tertiary/aromatic N) is 2. The van der Waals surface area contributed by atoms with Crippen molar-refractivity contribution in [3.8, 4) is 6.07 Å². The first-order valence-electron chi connectivity index (χ1n) is 7.44. The van der Waals surface area contributed by atoms with Gasteiger partial charge in [0, 0.05) is 40.1 Å². The third-order valence-electron chi connectivity index (χ3n) is 0. The number of nitriles is 1. The quantitative estimate of drug-likeness (QED) is 0.458. The third-order valence-corrected chi connectivity index (χ3v) is 0. The van der Waals surface area contributed by atoms with Crippen LogP contribution in [0.25, 0.3) is 0 Å². The first kappa shape index (κ1) is 49.7. The van der Waals surface area contributed by atoms with Gasteiger partial charge in [0.2, 0.25) is 0 Å². The number of methoxy groups -OCH3 is 1. The molecular formula is C16H42F3N3O4. The van der Waals surface area contributed by atoms with E-state index in [4.69, 9.17) is 20.5 Å². The van der Waals surface area contributed by atoms with E-state index in [0.717, 1.165) is 14.2 Å². The number of hydrogen-bond donors (Lipinski definition) is 2. The molecule has 0 unspecified atom stereocenters. The van der Waals surface area contributed by atoms with Crippen LogP contribution in [-0.2, 0) is 4.74 Å². The summed E-state index contributed by atoms with van der Waals surface area (Å²) in [5.74, 6) is 0. The highest BCUT2D eigenvalue weighted by Crippen LogP contribution is 2.10. The van der Waals surface area contributed by atoms with Crippen molar-refractivity contribution in [2.24, 2.45) is 11.1 Å². The van der Waals surface area contributed by atoms with Crippen LogP contribution in [0.1, 0.15) is 55.4 Å². The van der Waals surface area contributed by atoms with E-state index >= 15 is 0 Å². The molecule has 0 aromatic heterocycles. The zero-order valence-corrected chi connectivity index (χ0v) is 18.8. The zero-order valence-electron chi connectivity index (χ0n) is 18.8. The van der Waals surface area contributed by atoms with Crippen LogP contribution in [-0.4, -0.2) is 51.6 Å². The Morgan fingerprint density at radius 2 is 1.04 bits per heavy atom. The third kappa shape index (κ3) is 5060. The van der Waals surface area contributed by atoms with Gasteiger partial charge < -0.3 is 15.6 Å². The van der Waals surface area contributed by atoms with E-state index in [1.165, 1.54) is 14.0 Å². The normalized spacial score (nSPS) is 7.27. The maximum atomic E-state index is 10.4. The summed E-state index contributed by atoms with van der Waals surface area (Å²) in [5, 5.41) is 23.1. The summed E-state index contributed by atoms with van der Waals surface area (Å²) in [7, 11) is 6.64. The van der Waals surface area contributed by atoms with Crippen molar-refractivity contribution < 1.29 is 27.9 Å². The van der Waals surface area contributed by atoms with Gasteiger partial charge in [-0.15, -0.1) is 0 Å². The van der Waals surface area contributed by atoms with Gasteiger partial charge >= 0.3 is 6.18 Å². The molecule has 0 aliphatic rings. The number of ether oxygens (including phenoxy) is 1. The highest BCUT2D eigenvalue weighted by molar-refractivity contribution is 4.51. The number of nitrogens with two attached hydrogens (primary N) is 1. The molecule has 0 aliphatic carbocycles. The van der Waals surface area contributed by atoms with Gasteiger partial charge in [-0.2, -0.15) is 18.4 Å². The molecule has 0 aromatic rings. The number of halogens is 3. The molecule has 166 valence electrons. The minimum Gasteiger partial charge on any atom is -0.400 e. The monoisotopic (exact) mass is 397 g/mol. The van der Waals surface area contributed by atoms with E-state index in [1.807, 2.05) is 13.8 Å². The first-order chi connectivity index (χ1) is 11.6. The smallest absolute Gasteiger partial charge is 0.386 e. The molecule has 10 heteroatoms. The van der Waals surface area contributed by atoms with Gasteiger partial charge in [0.15, 0.2) is 7.05 Å². The fraction of sp³-hybridized carbons (Fsp3) is 0.938. The molecule has 0 amide bonds. The number of aliphatic hydroxyl groups is 1. The summed E-state index contributed by atoms with van der Waals surface area (Å²) >= 11 is 0. The van der Waals surface area contributed by atoms with Crippen LogP contribution < -0.4 is 5.73 Å². The van der Waals surface area contributed by atoms with E-state index in [0.29, 0.717) is 5.41 Å². The van der Waals surface area contributed by atoms with Crippen molar-refractivity contribution in [2.75, 3.05) is 35.4 Å². The number of hydrogen-bond acceptors (Lipinski definition) is 6. The minimum atomic E-state index is -4.00. The van der Waals surface area contributed by atoms with Crippen molar-refractivity contribution in [1.29, 1.82) is 5.26 Å². The van der Waals surface area contributed by atoms with E-state index in [9.17, 15) is 13.2 Å². The van der Waals surface area contributed by atoms with Crippen LogP contribution >= 0.6 is 0 Å². The van der Waals surface area contributed by atoms with Crippen LogP contribution in [0.3, 0.4) is 0 Å². The van der Waals surface area contributed by atoms with Gasteiger partial charge in [-0.3, -0.25) is 10.1 Å². The van der Waals surface area contributed by atoms with Crippen molar-refractivity contribution >= 4 is 0 Å². The Balaban J connectivity index is -0.0000000245. The predicted octanol–water partition coefficient (Wildman–Crippen LogP) is 4.52. The highest BCUT2D eigenvalue weighted by atomic mass is 19.4. The van der Waals surface area contributed by atoms with Crippen molar-refractivity contribution in [2.45, 2.75) is 61.6 Å². The number of aliphatic hydroxyl groups excluding tert-OH is 1. The average Bonchev–Trinajstić information content (AvgIpc) is 2.42. The molecule has 0 heterocycles. The number of alkyl halides is 3. The Labute approximate surface area is 158 Å². The topological polar surface area (TPSA) is 122 Å². The number of rotatable bonds is 0. The summed E-state index contributed by atoms with van der Waals surface area (Å²) in [6.45, 7) is 14.4. The fourth-order valence-electron chi connectivity index (χ4n) is 0. The van der Waals surface area contributed by atoms with E-state index in [-0.39, 0.29) is 6.92 Å². The summed E-state index contributed by atoms with van der Waals surface area (Å²) in [6, 6.07) is 1.75. The van der Waals surface area contributed by atoms with Crippen LogP contribution in [0.4, 0.5) is 13.2 Å². The molecule has 0 bridgehead atoms. The lowest BCUT2D eigenvalue weighted by Crippen LogP contribution is -1.95. The molecular weight excluding hydrogens is 355 g/mol. The van der Waals surface area contributed by atoms with Crippen LogP contribution in [0, 0.1) is 26.9 Å². The largest absolute Gasteiger partial charge is 0.400 e. The lowest BCUT2D eigenvalue weighted by molar-refractivity contribution is -0.445. The molecule has 0 saturated carbocycles. The zero-order chi connectivity index (χ0) is 24.0. The molecule has 0 saturated heterocycles. The highest BCUT2D eigenvalue weighted by Gasteiger charge is 2.15. The van der Waals surface area contributed by atoms with Crippen LogP contribution in [0.2, 0.25) is 0 Å². The Hall–Kier alpha value is -1.44. The van der Waals surface area contributed by atoms with Crippen molar-refractivity contribution in [1.82, 2.24) is 0 Å². The lowest BCUT2D eigenvalue weighted by atomic mass is 10.0. The molecule has 0 radical (unpaired) electrons. The minimum absolute atomic E-state index is 0.188. The maximum absolute atomic E-state index is 10.4. The van der Waals surface area contributed by atoms with Crippen molar-refractivity contribution in [3.05, 3.63) is 10.1 Å². The first-order valence-corrected chi connectivity index (χ1v) is 7.44. The van der Waals surface area contributed by atoms with Gasteiger partial charge in [-0.25, -0.2) is 0 Å². The van der Waals surface area contributed by atoms with Crippen LogP contribution in [0.5, 0.6) is 0 Å². The maximum Gasteiger partial charge on any atom is 0.386 e. The van der Waals surface area contributed by atoms with E-state index in [2.05, 4.69) is 38.2 Å². The van der Waals surface area contributed by atoms with Gasteiger partial charge in [0.25, 0.3) is 0 Å². The fourth-order valence-corrected chi connectivity index (χ4v) is 0. The molecule has 0 fully saturated rings. The van der Waals surface area contributed by atoms with Crippen LogP contribution in [0.15, 0.2) is 0 Å². The molecule has 3 N–H and O–H groups in total. The number of nitro groups is 1. The molecule has 0 atom stereocenters. The van der Waals surface area contributed by atoms with Gasteiger partial charge in [-0.05, 0) is 12.5 Å². The predicted molar refractivity (Wildman–Crippen MR) is 104 cm³/mol. The molecule has 0 spiro atoms. The lowest BCUT2D eigenvalue weighted by Gasteiger charge is -2.05. The second kappa shape index (κ2) is 49.5. The Morgan fingerprint density at radius 1 is 1.04 bits per heavy atom. The van der Waals surface area contributed by atoms with Gasteiger partial charge in [0.05, 0.1) is 6.07 Å². The second-order valence-corrected chi connectivity index (χ2v) is 4.85. The molecule has 26 heavy (non-hydrogen) atoms. The van der Waals surface area contributed by atoms with E-state index in [1.54, 1.807) is 20.3 Å². The van der Waals surface area contributed by atoms with Crippen molar-refractivity contribution in [3.63, 3.8) is 0 Å². The SMILES string of the molecule is CC.CC#N.CC(C)(C)C.CC(F)(F)F.CN.CO.COC.C[N+](=O)[O-]. The average molecular weight is 398 g/mol. The molecule has 0 rings (SSSR count). The summed E-state index contributed by atoms with van der Waals surface area (Å²) in [6.07, 6.45) is -4.00. The molecule has 0 aliphatic heterocycles. The summed E-state index contributed by atoms with van der Waals surface area (Å²) in [4.78, 5) is 8.31. The molecule has 0 aromatic carbocycles. The Morgan fingerprint density at radius 3 is 1.04 bits per heavy atom. The van der Waals surface area contributed by atoms with Gasteiger partial charge in [-0.1, -0.05) is 41.5 Å². The summed E-state index contributed by atoms with van der Waals surface area (Å²) in [5.41, 5.74) is 5.00. The Kier molecular flexibility index (Phi) is 94.7. The van der Waals surface area contributed by atoms with E-state index < -0.39 is 11.1 Å². The second-order valence-electron chi connectivity index (χ2n) is 4.85. The van der Waals surface area contributed by atoms with Gasteiger partial charge in [0.1, 0.15) is 0 Å². The summed E-state index contributed by atoms with van der Waals surface area (Å²) < 4.78 is 35.3.